The van der Waals surface area contributed by atoms with E-state index in [-0.39, 0.29) is 19.7 Å². The van der Waals surface area contributed by atoms with E-state index in [2.05, 4.69) is 0 Å². The van der Waals surface area contributed by atoms with E-state index in [1.165, 1.54) is 0 Å². The maximum Gasteiger partial charge on any atom is 0.246 e. The van der Waals surface area contributed by atoms with Crippen LogP contribution in [0.15, 0.2) is 17.0 Å². The lowest BCUT2D eigenvalue weighted by molar-refractivity contribution is -0.0640. The zero-order valence-electron chi connectivity index (χ0n) is 11.2. The highest BCUT2D eigenvalue weighted by atomic mass is 32.2. The molecule has 0 aromatic heterocycles. The molecule has 0 radical (unpaired) electrons. The summed E-state index contributed by atoms with van der Waals surface area (Å²) in [5, 5.41) is 0. The number of nitrogen functional groups attached to an aromatic ring is 1. The van der Waals surface area contributed by atoms with Crippen LogP contribution in [-0.4, -0.2) is 38.0 Å². The van der Waals surface area contributed by atoms with E-state index >= 15 is 0 Å². The number of hydrogen-bond acceptors (Lipinski definition) is 4. The Labute approximate surface area is 116 Å². The Morgan fingerprint density at radius 3 is 2.55 bits per heavy atom. The van der Waals surface area contributed by atoms with Crippen molar-refractivity contribution >= 4 is 15.7 Å². The van der Waals surface area contributed by atoms with Crippen molar-refractivity contribution < 1.29 is 21.9 Å². The number of sulfonamides is 1. The largest absolute Gasteiger partial charge is 0.396 e. The van der Waals surface area contributed by atoms with Gasteiger partial charge in [-0.3, -0.25) is 0 Å². The summed E-state index contributed by atoms with van der Waals surface area (Å²) in [5.74, 6) is -2.13. The second-order valence-corrected chi connectivity index (χ2v) is 7.16. The van der Waals surface area contributed by atoms with Crippen LogP contribution in [0, 0.1) is 11.6 Å². The minimum absolute atomic E-state index is 0.0893. The summed E-state index contributed by atoms with van der Waals surface area (Å²) in [6.45, 7) is 3.90. The number of nitrogens with two attached hydrogens (primary N) is 1. The molecule has 2 N–H and O–H groups in total. The summed E-state index contributed by atoms with van der Waals surface area (Å²) in [6, 6.07) is 1.29. The van der Waals surface area contributed by atoms with E-state index in [1.807, 2.05) is 0 Å². The van der Waals surface area contributed by atoms with Crippen molar-refractivity contribution in [3.8, 4) is 0 Å². The van der Waals surface area contributed by atoms with Crippen molar-refractivity contribution in [3.63, 3.8) is 0 Å². The highest BCUT2D eigenvalue weighted by molar-refractivity contribution is 7.89. The average molecular weight is 306 g/mol. The summed E-state index contributed by atoms with van der Waals surface area (Å²) >= 11 is 0. The minimum atomic E-state index is -4.07. The van der Waals surface area contributed by atoms with Crippen molar-refractivity contribution in [3.05, 3.63) is 23.8 Å². The number of hydrogen-bond donors (Lipinski definition) is 1. The van der Waals surface area contributed by atoms with Gasteiger partial charge in [-0.1, -0.05) is 0 Å². The molecule has 1 aromatic carbocycles. The molecule has 1 saturated heterocycles. The Kier molecular flexibility index (Phi) is 3.74. The van der Waals surface area contributed by atoms with Gasteiger partial charge in [0.15, 0.2) is 0 Å². The second-order valence-electron chi connectivity index (χ2n) is 5.25. The summed E-state index contributed by atoms with van der Waals surface area (Å²) in [6.07, 6.45) is 0. The molecule has 8 heteroatoms. The van der Waals surface area contributed by atoms with E-state index in [9.17, 15) is 17.2 Å². The van der Waals surface area contributed by atoms with Crippen LogP contribution in [0.1, 0.15) is 13.8 Å². The van der Waals surface area contributed by atoms with Gasteiger partial charge in [-0.2, -0.15) is 4.31 Å². The molecule has 0 atom stereocenters. The standard InChI is InChI=1S/C12H16F2N2O3S/c1-12(2)7-16(3-4-19-12)20(17,18)11-6-10(15)8(13)5-9(11)14/h5-6H,3-4,7,15H2,1-2H3. The van der Waals surface area contributed by atoms with E-state index in [1.54, 1.807) is 13.8 Å². The Bertz CT molecular complexity index is 632. The quantitative estimate of drug-likeness (QED) is 0.837. The first-order valence-electron chi connectivity index (χ1n) is 6.02. The van der Waals surface area contributed by atoms with Crippen LogP contribution >= 0.6 is 0 Å². The Hall–Kier alpha value is -1.25. The molecule has 0 aliphatic carbocycles. The van der Waals surface area contributed by atoms with Gasteiger partial charge in [0.05, 0.1) is 17.9 Å². The molecule has 1 fully saturated rings. The average Bonchev–Trinajstić information content (AvgIpc) is 2.32. The van der Waals surface area contributed by atoms with Crippen molar-refractivity contribution in [1.29, 1.82) is 0 Å². The third kappa shape index (κ3) is 2.77. The molecule has 1 aliphatic heterocycles. The van der Waals surface area contributed by atoms with Gasteiger partial charge < -0.3 is 10.5 Å². The molecule has 0 bridgehead atoms. The molecular weight excluding hydrogens is 290 g/mol. The van der Waals surface area contributed by atoms with Crippen LogP contribution in [0.5, 0.6) is 0 Å². The van der Waals surface area contributed by atoms with Crippen molar-refractivity contribution in [1.82, 2.24) is 4.31 Å². The Balaban J connectivity index is 2.43. The molecule has 1 aromatic rings. The van der Waals surface area contributed by atoms with E-state index in [0.29, 0.717) is 6.07 Å². The van der Waals surface area contributed by atoms with Gasteiger partial charge in [0, 0.05) is 19.2 Å². The Morgan fingerprint density at radius 2 is 1.95 bits per heavy atom. The number of nitrogens with zero attached hydrogens (tertiary/aromatic N) is 1. The third-order valence-electron chi connectivity index (χ3n) is 3.06. The molecular formula is C12H16F2N2O3S. The number of ether oxygens (including phenoxy) is 1. The Morgan fingerprint density at radius 1 is 1.30 bits per heavy atom. The maximum absolute atomic E-state index is 13.7. The number of rotatable bonds is 2. The van der Waals surface area contributed by atoms with Gasteiger partial charge >= 0.3 is 0 Å². The number of halogens is 2. The first-order valence-corrected chi connectivity index (χ1v) is 7.46. The van der Waals surface area contributed by atoms with E-state index in [0.717, 1.165) is 10.4 Å². The van der Waals surface area contributed by atoms with E-state index in [4.69, 9.17) is 10.5 Å². The maximum atomic E-state index is 13.7. The van der Waals surface area contributed by atoms with Gasteiger partial charge in [-0.15, -0.1) is 0 Å². The lowest BCUT2D eigenvalue weighted by Crippen LogP contribution is -2.50. The summed E-state index contributed by atoms with van der Waals surface area (Å²) in [7, 11) is -4.07. The molecule has 0 spiro atoms. The van der Waals surface area contributed by atoms with Crippen molar-refractivity contribution in [2.45, 2.75) is 24.3 Å². The molecule has 5 nitrogen and oxygen atoms in total. The normalized spacial score (nSPS) is 20.0. The van der Waals surface area contributed by atoms with Crippen LogP contribution < -0.4 is 5.73 Å². The second kappa shape index (κ2) is 4.94. The topological polar surface area (TPSA) is 72.6 Å². The molecule has 1 heterocycles. The van der Waals surface area contributed by atoms with Gasteiger partial charge in [-0.25, -0.2) is 17.2 Å². The van der Waals surface area contributed by atoms with Crippen LogP contribution in [0.2, 0.25) is 0 Å². The summed E-state index contributed by atoms with van der Waals surface area (Å²) in [4.78, 5) is -0.617. The van der Waals surface area contributed by atoms with Crippen LogP contribution in [-0.2, 0) is 14.8 Å². The number of benzene rings is 1. The molecule has 0 saturated carbocycles. The predicted molar refractivity (Wildman–Crippen MR) is 69.6 cm³/mol. The lowest BCUT2D eigenvalue weighted by Gasteiger charge is -2.37. The monoisotopic (exact) mass is 306 g/mol. The minimum Gasteiger partial charge on any atom is -0.396 e. The molecule has 2 rings (SSSR count). The van der Waals surface area contributed by atoms with Gasteiger partial charge in [-0.05, 0) is 19.9 Å². The zero-order chi connectivity index (χ0) is 15.1. The highest BCUT2D eigenvalue weighted by Crippen LogP contribution is 2.27. The van der Waals surface area contributed by atoms with Gasteiger partial charge in [0.1, 0.15) is 16.5 Å². The molecule has 0 unspecified atom stereocenters. The number of anilines is 1. The molecule has 0 amide bonds. The van der Waals surface area contributed by atoms with Crippen LogP contribution in [0.4, 0.5) is 14.5 Å². The third-order valence-corrected chi connectivity index (χ3v) is 4.92. The highest BCUT2D eigenvalue weighted by Gasteiger charge is 2.36. The fourth-order valence-corrected chi connectivity index (χ4v) is 3.72. The zero-order valence-corrected chi connectivity index (χ0v) is 12.0. The fourth-order valence-electron chi connectivity index (χ4n) is 2.06. The van der Waals surface area contributed by atoms with Crippen molar-refractivity contribution in [2.75, 3.05) is 25.4 Å². The van der Waals surface area contributed by atoms with Gasteiger partial charge in [0.25, 0.3) is 0 Å². The lowest BCUT2D eigenvalue weighted by atomic mass is 10.1. The summed E-state index contributed by atoms with van der Waals surface area (Å²) < 4.78 is 58.2. The van der Waals surface area contributed by atoms with Crippen LogP contribution in [0.3, 0.4) is 0 Å². The number of morpholine rings is 1. The molecule has 1 aliphatic rings. The van der Waals surface area contributed by atoms with Gasteiger partial charge in [0.2, 0.25) is 10.0 Å². The van der Waals surface area contributed by atoms with Crippen LogP contribution in [0.25, 0.3) is 0 Å². The fraction of sp³-hybridized carbons (Fsp3) is 0.500. The molecule has 20 heavy (non-hydrogen) atoms. The predicted octanol–water partition coefficient (Wildman–Crippen LogP) is 1.35. The first-order chi connectivity index (χ1) is 9.13. The summed E-state index contributed by atoms with van der Waals surface area (Å²) in [5.41, 5.74) is 4.26. The smallest absolute Gasteiger partial charge is 0.246 e. The van der Waals surface area contributed by atoms with Crippen molar-refractivity contribution in [2.24, 2.45) is 0 Å². The van der Waals surface area contributed by atoms with E-state index < -0.39 is 37.8 Å². The first kappa shape index (κ1) is 15.1. The molecule has 112 valence electrons. The SMILES string of the molecule is CC1(C)CN(S(=O)(=O)c2cc(N)c(F)cc2F)CCO1.